The number of rotatable bonds is 5. The van der Waals surface area contributed by atoms with Crippen molar-refractivity contribution in [2.45, 2.75) is 65.3 Å². The Balaban J connectivity index is 3.12. The molecular weight excluding hydrogens is 438 g/mol. The minimum atomic E-state index is -2.02. The van der Waals surface area contributed by atoms with Gasteiger partial charge < -0.3 is 4.43 Å². The molecule has 0 aromatic carbocycles. The highest BCUT2D eigenvalue weighted by Gasteiger charge is 2.42. The van der Waals surface area contributed by atoms with Gasteiger partial charge in [-0.05, 0) is 60.6 Å². The second-order valence-corrected chi connectivity index (χ2v) is 14.0. The van der Waals surface area contributed by atoms with Crippen molar-refractivity contribution in [1.29, 1.82) is 0 Å². The van der Waals surface area contributed by atoms with Crippen LogP contribution in [0.2, 0.25) is 18.1 Å². The van der Waals surface area contributed by atoms with Gasteiger partial charge in [0.15, 0.2) is 20.0 Å². The van der Waals surface area contributed by atoms with Gasteiger partial charge >= 0.3 is 0 Å². The van der Waals surface area contributed by atoms with Crippen molar-refractivity contribution >= 4 is 42.6 Å². The van der Waals surface area contributed by atoms with E-state index in [4.69, 9.17) is 4.43 Å². The van der Waals surface area contributed by atoms with Crippen LogP contribution in [-0.4, -0.2) is 31.4 Å². The molecule has 1 amide bonds. The predicted octanol–water partition coefficient (Wildman–Crippen LogP) is 4.98. The van der Waals surface area contributed by atoms with Crippen LogP contribution >= 0.6 is 22.6 Å². The van der Waals surface area contributed by atoms with Crippen LogP contribution in [0.25, 0.3) is 0 Å². The summed E-state index contributed by atoms with van der Waals surface area (Å²) in [4.78, 5) is 17.6. The minimum Gasteiger partial charge on any atom is -0.410 e. The monoisotopic (exact) mass is 466 g/mol. The molecule has 24 heavy (non-hydrogen) atoms. The zero-order chi connectivity index (χ0) is 18.9. The molecule has 0 saturated carbocycles. The second-order valence-electron chi connectivity index (χ2n) is 8.16. The highest BCUT2D eigenvalue weighted by Crippen LogP contribution is 2.39. The first kappa shape index (κ1) is 21.5. The number of aromatic nitrogens is 1. The van der Waals surface area contributed by atoms with Crippen molar-refractivity contribution in [2.24, 2.45) is 0 Å². The third kappa shape index (κ3) is 5.22. The molecule has 1 aromatic heterocycles. The average molecular weight is 466 g/mol. The molecular formula is C17H28FIN2O2Si. The Bertz CT molecular complexity index is 615. The van der Waals surface area contributed by atoms with E-state index in [1.54, 1.807) is 6.07 Å². The number of carbonyl (C=O) groups is 1. The summed E-state index contributed by atoms with van der Waals surface area (Å²) in [5.41, 5.74) is -0.607. The molecule has 0 unspecified atom stereocenters. The summed E-state index contributed by atoms with van der Waals surface area (Å²) in [6, 6.07) is 1.58. The van der Waals surface area contributed by atoms with E-state index < -0.39 is 19.7 Å². The molecule has 0 aliphatic rings. The molecule has 0 bridgehead atoms. The maximum atomic E-state index is 14.4. The number of halogens is 2. The van der Waals surface area contributed by atoms with Gasteiger partial charge in [0, 0.05) is 13.1 Å². The summed E-state index contributed by atoms with van der Waals surface area (Å²) in [5.74, 6) is -0.673. The molecule has 0 spiro atoms. The molecule has 0 fully saturated rings. The first-order valence-corrected chi connectivity index (χ1v) is 11.9. The Labute approximate surface area is 159 Å². The fraction of sp³-hybridized carbons (Fsp3) is 0.647. The lowest BCUT2D eigenvalue weighted by atomic mass is 10.1. The molecule has 0 aliphatic carbocycles. The van der Waals surface area contributed by atoms with E-state index in [-0.39, 0.29) is 23.3 Å². The van der Waals surface area contributed by atoms with Gasteiger partial charge in [0.05, 0.1) is 15.7 Å². The molecule has 136 valence electrons. The first-order valence-electron chi connectivity index (χ1n) is 7.96. The molecule has 4 nitrogen and oxygen atoms in total. The second kappa shape index (κ2) is 7.37. The van der Waals surface area contributed by atoms with E-state index in [0.717, 1.165) is 0 Å². The van der Waals surface area contributed by atoms with Crippen LogP contribution < -0.4 is 4.90 Å². The zero-order valence-corrected chi connectivity index (χ0v) is 19.0. The topological polar surface area (TPSA) is 42.4 Å². The van der Waals surface area contributed by atoms with E-state index in [0.29, 0.717) is 3.57 Å². The molecule has 7 heteroatoms. The van der Waals surface area contributed by atoms with Crippen molar-refractivity contribution in [1.82, 2.24) is 4.98 Å². The number of hydrogen-bond acceptors (Lipinski definition) is 3. The Morgan fingerprint density at radius 2 is 1.88 bits per heavy atom. The molecule has 0 radical (unpaired) electrons. The molecule has 0 N–H and O–H groups in total. The Morgan fingerprint density at radius 1 is 1.33 bits per heavy atom. The standard InChI is InChI=1S/C17H28FIN2O2Si/c1-12(22)21(15-14(18)13(19)9-10-20-15)11-17(5,6)23-24(7,8)16(2,3)4/h9-10H,11H2,1-8H3. The van der Waals surface area contributed by atoms with Gasteiger partial charge in [-0.2, -0.15) is 0 Å². The van der Waals surface area contributed by atoms with Crippen molar-refractivity contribution in [3.8, 4) is 0 Å². The molecule has 0 aliphatic heterocycles. The Morgan fingerprint density at radius 3 is 2.33 bits per heavy atom. The van der Waals surface area contributed by atoms with Gasteiger partial charge in [-0.1, -0.05) is 20.8 Å². The van der Waals surface area contributed by atoms with Crippen molar-refractivity contribution in [3.05, 3.63) is 21.7 Å². The van der Waals surface area contributed by atoms with Crippen LogP contribution in [0.15, 0.2) is 12.3 Å². The number of hydrogen-bond donors (Lipinski definition) is 0. The Hall–Kier alpha value is -0.543. The maximum absolute atomic E-state index is 14.4. The van der Waals surface area contributed by atoms with Crippen LogP contribution in [0.3, 0.4) is 0 Å². The summed E-state index contributed by atoms with van der Waals surface area (Å²) in [6.07, 6.45) is 1.51. The van der Waals surface area contributed by atoms with Crippen LogP contribution in [0.5, 0.6) is 0 Å². The van der Waals surface area contributed by atoms with Crippen LogP contribution in [0, 0.1) is 9.39 Å². The van der Waals surface area contributed by atoms with E-state index in [9.17, 15) is 9.18 Å². The van der Waals surface area contributed by atoms with Gasteiger partial charge in [-0.15, -0.1) is 0 Å². The first-order chi connectivity index (χ1) is 10.7. The predicted molar refractivity (Wildman–Crippen MR) is 107 cm³/mol. The molecule has 1 heterocycles. The van der Waals surface area contributed by atoms with E-state index in [1.165, 1.54) is 18.0 Å². The lowest BCUT2D eigenvalue weighted by molar-refractivity contribution is -0.117. The van der Waals surface area contributed by atoms with Crippen molar-refractivity contribution in [3.63, 3.8) is 0 Å². The fourth-order valence-electron chi connectivity index (χ4n) is 2.19. The van der Waals surface area contributed by atoms with Crippen LogP contribution in [0.1, 0.15) is 41.5 Å². The maximum Gasteiger partial charge on any atom is 0.225 e. The molecule has 1 aromatic rings. The van der Waals surface area contributed by atoms with Crippen molar-refractivity contribution in [2.75, 3.05) is 11.4 Å². The zero-order valence-electron chi connectivity index (χ0n) is 15.8. The SMILES string of the molecule is CC(=O)N(CC(C)(C)O[Si](C)(C)C(C)(C)C)c1nccc(I)c1F. The number of carbonyl (C=O) groups excluding carboxylic acids is 1. The summed E-state index contributed by atoms with van der Waals surface area (Å²) in [7, 11) is -2.02. The third-order valence-corrected chi connectivity index (χ3v) is 9.84. The van der Waals surface area contributed by atoms with E-state index >= 15 is 0 Å². The average Bonchev–Trinajstić information content (AvgIpc) is 2.37. The van der Waals surface area contributed by atoms with E-state index in [1.807, 2.05) is 36.4 Å². The van der Waals surface area contributed by atoms with Gasteiger partial charge in [-0.3, -0.25) is 9.69 Å². The van der Waals surface area contributed by atoms with Gasteiger partial charge in [0.1, 0.15) is 0 Å². The number of nitrogens with zero attached hydrogens (tertiary/aromatic N) is 2. The number of amides is 1. The summed E-state index contributed by atoms with van der Waals surface area (Å²) < 4.78 is 21.3. The van der Waals surface area contributed by atoms with Gasteiger partial charge in [-0.25, -0.2) is 9.37 Å². The van der Waals surface area contributed by atoms with Gasteiger partial charge in [0.25, 0.3) is 0 Å². The molecule has 0 atom stereocenters. The third-order valence-electron chi connectivity index (χ3n) is 4.34. The number of pyridine rings is 1. The summed E-state index contributed by atoms with van der Waals surface area (Å²) >= 11 is 1.90. The van der Waals surface area contributed by atoms with E-state index in [2.05, 4.69) is 38.8 Å². The van der Waals surface area contributed by atoms with Gasteiger partial charge in [0.2, 0.25) is 5.91 Å². The van der Waals surface area contributed by atoms with Crippen molar-refractivity contribution < 1.29 is 13.6 Å². The van der Waals surface area contributed by atoms with Crippen LogP contribution in [-0.2, 0) is 9.22 Å². The highest BCUT2D eigenvalue weighted by atomic mass is 127. The molecule has 1 rings (SSSR count). The fourth-order valence-corrected chi connectivity index (χ4v) is 4.34. The highest BCUT2D eigenvalue weighted by molar-refractivity contribution is 14.1. The largest absolute Gasteiger partial charge is 0.410 e. The lowest BCUT2D eigenvalue weighted by Gasteiger charge is -2.44. The number of anilines is 1. The minimum absolute atomic E-state index is 0.0525. The Kier molecular flexibility index (Phi) is 6.60. The quantitative estimate of drug-likeness (QED) is 0.454. The normalized spacial score (nSPS) is 13.1. The smallest absolute Gasteiger partial charge is 0.225 e. The summed E-state index contributed by atoms with van der Waals surface area (Å²) in [5, 5.41) is 0.0525. The molecule has 0 saturated heterocycles. The van der Waals surface area contributed by atoms with Crippen LogP contribution in [0.4, 0.5) is 10.2 Å². The lowest BCUT2D eigenvalue weighted by Crippen LogP contribution is -2.52. The summed E-state index contributed by atoms with van der Waals surface area (Å²) in [6.45, 7) is 16.4.